The summed E-state index contributed by atoms with van der Waals surface area (Å²) in [4.78, 5) is 0.317. The summed E-state index contributed by atoms with van der Waals surface area (Å²) < 4.78 is 32.7. The van der Waals surface area contributed by atoms with E-state index in [2.05, 4.69) is 11.9 Å². The Bertz CT molecular complexity index is 615. The molecule has 0 unspecified atom stereocenters. The summed E-state index contributed by atoms with van der Waals surface area (Å²) >= 11 is 0. The maximum Gasteiger partial charge on any atom is 0.247 e. The number of nitrogens with zero attached hydrogens (tertiary/aromatic N) is 1. The number of hydrogen-bond donors (Lipinski definition) is 1. The fourth-order valence-corrected chi connectivity index (χ4v) is 4.29. The Balaban J connectivity index is 2.37. The molecule has 1 fully saturated rings. The molecule has 0 saturated heterocycles. The van der Waals surface area contributed by atoms with Gasteiger partial charge in [0.25, 0.3) is 0 Å². The summed E-state index contributed by atoms with van der Waals surface area (Å²) in [6.07, 6.45) is 3.93. The molecule has 0 atom stereocenters. The van der Waals surface area contributed by atoms with Crippen LogP contribution in [0.1, 0.15) is 36.8 Å². The van der Waals surface area contributed by atoms with Crippen LogP contribution in [-0.2, 0) is 16.6 Å². The van der Waals surface area contributed by atoms with Crippen molar-refractivity contribution in [3.63, 3.8) is 0 Å². The van der Waals surface area contributed by atoms with Crippen molar-refractivity contribution in [2.75, 3.05) is 13.1 Å². The highest BCUT2D eigenvalue weighted by atomic mass is 32.2. The second kappa shape index (κ2) is 6.34. The molecule has 118 valence electrons. The molecule has 21 heavy (non-hydrogen) atoms. The molecule has 0 spiro atoms. The summed E-state index contributed by atoms with van der Waals surface area (Å²) in [5.74, 6) is 1.14. The molecule has 1 heterocycles. The Morgan fingerprint density at radius 1 is 1.38 bits per heavy atom. The van der Waals surface area contributed by atoms with Gasteiger partial charge in [-0.3, -0.25) is 0 Å². The van der Waals surface area contributed by atoms with E-state index in [-0.39, 0.29) is 0 Å². The van der Waals surface area contributed by atoms with Gasteiger partial charge in [-0.2, -0.15) is 4.31 Å². The molecule has 6 heteroatoms. The number of sulfonamides is 1. The van der Waals surface area contributed by atoms with Crippen molar-refractivity contribution in [3.8, 4) is 0 Å². The maximum atomic E-state index is 12.9. The van der Waals surface area contributed by atoms with Gasteiger partial charge in [0.15, 0.2) is 0 Å². The van der Waals surface area contributed by atoms with Gasteiger partial charge in [0.1, 0.15) is 16.4 Å². The quantitative estimate of drug-likeness (QED) is 0.749. The minimum Gasteiger partial charge on any atom is -0.465 e. The first-order valence-corrected chi connectivity index (χ1v) is 8.79. The predicted octanol–water partition coefficient (Wildman–Crippen LogP) is 2.35. The van der Waals surface area contributed by atoms with E-state index in [1.807, 2.05) is 13.8 Å². The average Bonchev–Trinajstić information content (AvgIpc) is 3.19. The standard InChI is InChI=1S/C15H24N2O3S/c1-5-9-17(6-2)21(18,19)15-12(4)20-11(3)14(15)10-16-13-7-8-13/h5,13,16H,1,6-10H2,2-4H3. The largest absolute Gasteiger partial charge is 0.465 e. The van der Waals surface area contributed by atoms with Crippen LogP contribution in [0.25, 0.3) is 0 Å². The molecule has 2 rings (SSSR count). The summed E-state index contributed by atoms with van der Waals surface area (Å²) in [5, 5.41) is 3.37. The normalized spacial score (nSPS) is 15.6. The molecular weight excluding hydrogens is 288 g/mol. The minimum absolute atomic E-state index is 0.304. The lowest BCUT2D eigenvalue weighted by Gasteiger charge is -2.19. The van der Waals surface area contributed by atoms with E-state index < -0.39 is 10.0 Å². The molecule has 1 aliphatic rings. The third-order valence-electron chi connectivity index (χ3n) is 3.75. The van der Waals surface area contributed by atoms with Gasteiger partial charge in [-0.25, -0.2) is 8.42 Å². The first-order valence-electron chi connectivity index (χ1n) is 7.35. The van der Waals surface area contributed by atoms with Gasteiger partial charge in [0.2, 0.25) is 10.0 Å². The van der Waals surface area contributed by atoms with Crippen LogP contribution in [0.4, 0.5) is 0 Å². The summed E-state index contributed by atoms with van der Waals surface area (Å²) in [6, 6.07) is 0.519. The van der Waals surface area contributed by atoms with Gasteiger partial charge in [-0.1, -0.05) is 13.0 Å². The summed E-state index contributed by atoms with van der Waals surface area (Å²) in [7, 11) is -3.55. The Kier molecular flexibility index (Phi) is 4.91. The summed E-state index contributed by atoms with van der Waals surface area (Å²) in [5.41, 5.74) is 0.752. The molecule has 1 aliphatic carbocycles. The number of aryl methyl sites for hydroxylation is 2. The SMILES string of the molecule is C=CCN(CC)S(=O)(=O)c1c(C)oc(C)c1CNC1CC1. The van der Waals surface area contributed by atoms with Gasteiger partial charge >= 0.3 is 0 Å². The van der Waals surface area contributed by atoms with Crippen LogP contribution in [-0.4, -0.2) is 31.9 Å². The molecular formula is C15H24N2O3S. The van der Waals surface area contributed by atoms with Gasteiger partial charge in [-0.05, 0) is 26.7 Å². The first kappa shape index (κ1) is 16.3. The summed E-state index contributed by atoms with van der Waals surface area (Å²) in [6.45, 7) is 10.2. The number of hydrogen-bond acceptors (Lipinski definition) is 4. The second-order valence-electron chi connectivity index (χ2n) is 5.42. The van der Waals surface area contributed by atoms with E-state index in [0.29, 0.717) is 42.1 Å². The minimum atomic E-state index is -3.55. The lowest BCUT2D eigenvalue weighted by atomic mass is 10.2. The van der Waals surface area contributed by atoms with Crippen molar-refractivity contribution < 1.29 is 12.8 Å². The van der Waals surface area contributed by atoms with Gasteiger partial charge in [0.05, 0.1) is 0 Å². The van der Waals surface area contributed by atoms with E-state index >= 15 is 0 Å². The molecule has 0 amide bonds. The molecule has 1 N–H and O–H groups in total. The van der Waals surface area contributed by atoms with Crippen molar-refractivity contribution in [1.29, 1.82) is 0 Å². The molecule has 1 aromatic heterocycles. The monoisotopic (exact) mass is 312 g/mol. The van der Waals surface area contributed by atoms with E-state index in [0.717, 1.165) is 18.4 Å². The number of likely N-dealkylation sites (N-methyl/N-ethyl adjacent to an activating group) is 1. The van der Waals surface area contributed by atoms with Crippen LogP contribution in [0.3, 0.4) is 0 Å². The van der Waals surface area contributed by atoms with Crippen LogP contribution in [0.5, 0.6) is 0 Å². The van der Waals surface area contributed by atoms with Crippen molar-refractivity contribution in [3.05, 3.63) is 29.7 Å². The molecule has 5 nitrogen and oxygen atoms in total. The lowest BCUT2D eigenvalue weighted by molar-refractivity contribution is 0.453. The Morgan fingerprint density at radius 3 is 2.57 bits per heavy atom. The fraction of sp³-hybridized carbons (Fsp3) is 0.600. The highest BCUT2D eigenvalue weighted by molar-refractivity contribution is 7.89. The third-order valence-corrected chi connectivity index (χ3v) is 5.89. The second-order valence-corrected chi connectivity index (χ2v) is 7.30. The van der Waals surface area contributed by atoms with Crippen LogP contribution < -0.4 is 5.32 Å². The Labute approximate surface area is 127 Å². The van der Waals surface area contributed by atoms with Crippen LogP contribution in [0, 0.1) is 13.8 Å². The van der Waals surface area contributed by atoms with Gasteiger partial charge < -0.3 is 9.73 Å². The highest BCUT2D eigenvalue weighted by Crippen LogP contribution is 2.30. The van der Waals surface area contributed by atoms with Crippen molar-refractivity contribution >= 4 is 10.0 Å². The number of nitrogens with one attached hydrogen (secondary N) is 1. The fourth-order valence-electron chi connectivity index (χ4n) is 2.46. The van der Waals surface area contributed by atoms with Gasteiger partial charge in [0, 0.05) is 31.2 Å². The third kappa shape index (κ3) is 3.39. The topological polar surface area (TPSA) is 62.6 Å². The molecule has 0 bridgehead atoms. The predicted molar refractivity (Wildman–Crippen MR) is 82.7 cm³/mol. The zero-order chi connectivity index (χ0) is 15.6. The number of rotatable bonds is 8. The van der Waals surface area contributed by atoms with Crippen LogP contribution in [0.2, 0.25) is 0 Å². The maximum absolute atomic E-state index is 12.9. The van der Waals surface area contributed by atoms with E-state index in [1.165, 1.54) is 4.31 Å². The molecule has 0 aromatic carbocycles. The smallest absolute Gasteiger partial charge is 0.247 e. The van der Waals surface area contributed by atoms with Gasteiger partial charge in [-0.15, -0.1) is 6.58 Å². The number of furan rings is 1. The van der Waals surface area contributed by atoms with Crippen molar-refractivity contribution in [2.24, 2.45) is 0 Å². The van der Waals surface area contributed by atoms with Crippen molar-refractivity contribution in [1.82, 2.24) is 9.62 Å². The van der Waals surface area contributed by atoms with E-state index in [9.17, 15) is 8.42 Å². The molecule has 1 saturated carbocycles. The molecule has 0 aliphatic heterocycles. The lowest BCUT2D eigenvalue weighted by Crippen LogP contribution is -2.32. The van der Waals surface area contributed by atoms with E-state index in [4.69, 9.17) is 4.42 Å². The molecule has 1 aromatic rings. The average molecular weight is 312 g/mol. The van der Waals surface area contributed by atoms with Crippen LogP contribution in [0.15, 0.2) is 22.0 Å². The zero-order valence-corrected chi connectivity index (χ0v) is 13.8. The zero-order valence-electron chi connectivity index (χ0n) is 13.0. The Morgan fingerprint density at radius 2 is 2.05 bits per heavy atom. The van der Waals surface area contributed by atoms with E-state index in [1.54, 1.807) is 13.0 Å². The van der Waals surface area contributed by atoms with Crippen molar-refractivity contribution in [2.45, 2.75) is 51.1 Å². The Hall–Kier alpha value is -1.11. The highest BCUT2D eigenvalue weighted by Gasteiger charge is 2.32. The molecule has 0 radical (unpaired) electrons. The van der Waals surface area contributed by atoms with Crippen LogP contribution >= 0.6 is 0 Å². The first-order chi connectivity index (χ1) is 9.91.